The van der Waals surface area contributed by atoms with Crippen molar-refractivity contribution in [3.63, 3.8) is 0 Å². The summed E-state index contributed by atoms with van der Waals surface area (Å²) in [4.78, 5) is 0.826. The van der Waals surface area contributed by atoms with Gasteiger partial charge in [0.1, 0.15) is 6.17 Å². The molecule has 1 saturated carbocycles. The van der Waals surface area contributed by atoms with E-state index in [0.29, 0.717) is 6.42 Å². The molecule has 0 heterocycles. The molecule has 0 saturated heterocycles. The minimum atomic E-state index is -0.600. The van der Waals surface area contributed by atoms with E-state index < -0.39 is 6.17 Å². The Hall–Kier alpha value is 0.0200. The van der Waals surface area contributed by atoms with Crippen LogP contribution < -0.4 is 0 Å². The van der Waals surface area contributed by atoms with Crippen molar-refractivity contribution in [1.29, 1.82) is 0 Å². The van der Waals surface area contributed by atoms with E-state index in [4.69, 9.17) is 12.2 Å². The summed E-state index contributed by atoms with van der Waals surface area (Å²) in [5.74, 6) is 0.134. The molecule has 0 radical (unpaired) electrons. The van der Waals surface area contributed by atoms with Gasteiger partial charge in [0, 0.05) is 5.92 Å². The molecular weight excluding hydrogens is 111 g/mol. The number of hydrogen-bond donors (Lipinski definition) is 0. The van der Waals surface area contributed by atoms with Crippen molar-refractivity contribution in [3.05, 3.63) is 0 Å². The molecule has 0 spiro atoms. The highest BCUT2D eigenvalue weighted by atomic mass is 32.1. The van der Waals surface area contributed by atoms with E-state index in [9.17, 15) is 4.39 Å². The molecule has 0 aromatic rings. The van der Waals surface area contributed by atoms with Crippen molar-refractivity contribution in [2.75, 3.05) is 0 Å². The maximum atomic E-state index is 11.9. The van der Waals surface area contributed by atoms with E-state index in [1.807, 2.05) is 0 Å². The van der Waals surface area contributed by atoms with E-state index in [1.165, 1.54) is 0 Å². The van der Waals surface area contributed by atoms with Gasteiger partial charge in [0.2, 0.25) is 0 Å². The molecule has 2 heteroatoms. The van der Waals surface area contributed by atoms with Crippen molar-refractivity contribution >= 4 is 17.1 Å². The SMILES string of the molecule is CC(=S)C1CC1F. The van der Waals surface area contributed by atoms with Gasteiger partial charge in [-0.3, -0.25) is 0 Å². The van der Waals surface area contributed by atoms with Crippen LogP contribution in [-0.2, 0) is 0 Å². The Balaban J connectivity index is 2.33. The zero-order chi connectivity index (χ0) is 5.44. The number of halogens is 1. The third-order valence-corrected chi connectivity index (χ3v) is 1.54. The van der Waals surface area contributed by atoms with Crippen LogP contribution in [0.2, 0.25) is 0 Å². The molecule has 0 nitrogen and oxygen atoms in total. The Kier molecular flexibility index (Phi) is 1.11. The van der Waals surface area contributed by atoms with Crippen molar-refractivity contribution in [2.45, 2.75) is 19.5 Å². The molecule has 40 valence electrons. The third-order valence-electron chi connectivity index (χ3n) is 1.23. The van der Waals surface area contributed by atoms with Gasteiger partial charge in [-0.2, -0.15) is 0 Å². The number of rotatable bonds is 1. The average Bonchev–Trinajstić information content (AvgIpc) is 2.17. The van der Waals surface area contributed by atoms with Crippen LogP contribution in [0.4, 0.5) is 4.39 Å². The van der Waals surface area contributed by atoms with Crippen molar-refractivity contribution in [1.82, 2.24) is 0 Å². The molecule has 2 atom stereocenters. The van der Waals surface area contributed by atoms with Crippen LogP contribution in [0.25, 0.3) is 0 Å². The minimum absolute atomic E-state index is 0.134. The standard InChI is InChI=1S/C5H7FS/c1-3(7)4-2-5(4)6/h4-5H,2H2,1H3. The lowest BCUT2D eigenvalue weighted by atomic mass is 10.3. The third kappa shape index (κ3) is 0.969. The van der Waals surface area contributed by atoms with Gasteiger partial charge in [0.15, 0.2) is 0 Å². The van der Waals surface area contributed by atoms with E-state index in [-0.39, 0.29) is 5.92 Å². The minimum Gasteiger partial charge on any atom is -0.247 e. The van der Waals surface area contributed by atoms with Crippen LogP contribution in [0.5, 0.6) is 0 Å². The van der Waals surface area contributed by atoms with Gasteiger partial charge in [-0.05, 0) is 18.2 Å². The normalized spacial score (nSPS) is 38.0. The summed E-state index contributed by atoms with van der Waals surface area (Å²) in [5.41, 5.74) is 0. The highest BCUT2D eigenvalue weighted by molar-refractivity contribution is 7.80. The van der Waals surface area contributed by atoms with Gasteiger partial charge in [0.05, 0.1) is 0 Å². The Morgan fingerprint density at radius 3 is 2.29 bits per heavy atom. The monoisotopic (exact) mass is 118 g/mol. The summed E-state index contributed by atoms with van der Waals surface area (Å²) < 4.78 is 11.9. The molecule has 1 fully saturated rings. The van der Waals surface area contributed by atoms with Crippen LogP contribution in [0.1, 0.15) is 13.3 Å². The lowest BCUT2D eigenvalue weighted by Gasteiger charge is -1.82. The van der Waals surface area contributed by atoms with Gasteiger partial charge in [-0.15, -0.1) is 0 Å². The topological polar surface area (TPSA) is 0 Å². The van der Waals surface area contributed by atoms with Crippen molar-refractivity contribution < 1.29 is 4.39 Å². The van der Waals surface area contributed by atoms with E-state index in [1.54, 1.807) is 6.92 Å². The fourth-order valence-electron chi connectivity index (χ4n) is 0.585. The second-order valence-corrected chi connectivity index (χ2v) is 2.61. The fraction of sp³-hybridized carbons (Fsp3) is 0.800. The molecule has 0 bridgehead atoms. The first-order valence-corrected chi connectivity index (χ1v) is 2.77. The second kappa shape index (κ2) is 1.51. The first kappa shape index (κ1) is 5.16. The fourth-order valence-corrected chi connectivity index (χ4v) is 0.829. The predicted molar refractivity (Wildman–Crippen MR) is 31.3 cm³/mol. The number of hydrogen-bond acceptors (Lipinski definition) is 1. The van der Waals surface area contributed by atoms with E-state index in [0.717, 1.165) is 4.86 Å². The van der Waals surface area contributed by atoms with Crippen LogP contribution in [0, 0.1) is 5.92 Å². The Bertz CT molecular complexity index is 100. The largest absolute Gasteiger partial charge is 0.247 e. The number of alkyl halides is 1. The lowest BCUT2D eigenvalue weighted by Crippen LogP contribution is -1.90. The molecule has 0 aromatic heterocycles. The maximum Gasteiger partial charge on any atom is 0.108 e. The predicted octanol–water partition coefficient (Wildman–Crippen LogP) is 1.73. The molecule has 1 aliphatic carbocycles. The highest BCUT2D eigenvalue weighted by Gasteiger charge is 2.38. The first-order valence-electron chi connectivity index (χ1n) is 2.36. The summed E-state index contributed by atoms with van der Waals surface area (Å²) in [6.07, 6.45) is 0.0764. The molecule has 0 aliphatic heterocycles. The van der Waals surface area contributed by atoms with Gasteiger partial charge < -0.3 is 0 Å². The Morgan fingerprint density at radius 2 is 2.29 bits per heavy atom. The van der Waals surface area contributed by atoms with Crippen molar-refractivity contribution in [2.24, 2.45) is 5.92 Å². The summed E-state index contributed by atoms with van der Waals surface area (Å²) >= 11 is 4.72. The average molecular weight is 118 g/mol. The summed E-state index contributed by atoms with van der Waals surface area (Å²) in [6.45, 7) is 1.81. The zero-order valence-corrected chi connectivity index (χ0v) is 4.96. The molecule has 1 rings (SSSR count). The maximum absolute atomic E-state index is 11.9. The molecular formula is C5H7FS. The van der Waals surface area contributed by atoms with Crippen LogP contribution in [-0.4, -0.2) is 11.0 Å². The van der Waals surface area contributed by atoms with Crippen LogP contribution >= 0.6 is 12.2 Å². The second-order valence-electron chi connectivity index (χ2n) is 1.97. The smallest absolute Gasteiger partial charge is 0.108 e. The summed E-state index contributed by atoms with van der Waals surface area (Å²) in [7, 11) is 0. The quantitative estimate of drug-likeness (QED) is 0.472. The van der Waals surface area contributed by atoms with Gasteiger partial charge >= 0.3 is 0 Å². The highest BCUT2D eigenvalue weighted by Crippen LogP contribution is 2.34. The van der Waals surface area contributed by atoms with E-state index in [2.05, 4.69) is 0 Å². The van der Waals surface area contributed by atoms with Crippen molar-refractivity contribution in [3.8, 4) is 0 Å². The van der Waals surface area contributed by atoms with Crippen LogP contribution in [0.3, 0.4) is 0 Å². The summed E-state index contributed by atoms with van der Waals surface area (Å²) in [5, 5.41) is 0. The molecule has 0 aromatic carbocycles. The van der Waals surface area contributed by atoms with E-state index >= 15 is 0 Å². The lowest BCUT2D eigenvalue weighted by molar-refractivity contribution is 0.468. The first-order chi connectivity index (χ1) is 3.22. The molecule has 0 N–H and O–H groups in total. The van der Waals surface area contributed by atoms with Gasteiger partial charge in [-0.1, -0.05) is 12.2 Å². The Morgan fingerprint density at radius 1 is 1.86 bits per heavy atom. The van der Waals surface area contributed by atoms with Gasteiger partial charge in [-0.25, -0.2) is 4.39 Å². The number of thiocarbonyl (C=S) groups is 1. The van der Waals surface area contributed by atoms with Gasteiger partial charge in [0.25, 0.3) is 0 Å². The van der Waals surface area contributed by atoms with Crippen LogP contribution in [0.15, 0.2) is 0 Å². The zero-order valence-electron chi connectivity index (χ0n) is 4.15. The summed E-state index contributed by atoms with van der Waals surface area (Å²) in [6, 6.07) is 0. The molecule has 1 aliphatic rings. The molecule has 7 heavy (non-hydrogen) atoms. The molecule has 2 unspecified atom stereocenters. The Labute approximate surface area is 47.7 Å². The molecule has 0 amide bonds.